The van der Waals surface area contributed by atoms with Crippen LogP contribution in [0, 0.1) is 0 Å². The second-order valence-electron chi connectivity index (χ2n) is 7.84. The van der Waals surface area contributed by atoms with Crippen LogP contribution < -0.4 is 10.6 Å². The van der Waals surface area contributed by atoms with Crippen LogP contribution in [0.4, 0.5) is 5.69 Å². The molecule has 2 aromatic carbocycles. The Balaban J connectivity index is 1.32. The zero-order chi connectivity index (χ0) is 21.1. The van der Waals surface area contributed by atoms with Gasteiger partial charge in [-0.05, 0) is 43.5 Å². The summed E-state index contributed by atoms with van der Waals surface area (Å²) < 4.78 is 23.4. The molecule has 0 saturated carbocycles. The minimum Gasteiger partial charge on any atom is -0.350 e. The van der Waals surface area contributed by atoms with Crippen LogP contribution in [-0.4, -0.2) is 48.3 Å². The zero-order valence-corrected chi connectivity index (χ0v) is 18.4. The molecule has 8 heteroatoms. The summed E-state index contributed by atoms with van der Waals surface area (Å²) in [5.74, 6) is 0.197. The van der Waals surface area contributed by atoms with Crippen LogP contribution in [0.15, 0.2) is 59.6 Å². The lowest BCUT2D eigenvalue weighted by Crippen LogP contribution is -2.32. The maximum absolute atomic E-state index is 12.6. The van der Waals surface area contributed by atoms with Gasteiger partial charge in [0, 0.05) is 22.5 Å². The first-order valence-corrected chi connectivity index (χ1v) is 12.7. The molecule has 2 aliphatic rings. The van der Waals surface area contributed by atoms with Crippen molar-refractivity contribution in [3.05, 3.63) is 65.7 Å². The van der Waals surface area contributed by atoms with Crippen molar-refractivity contribution in [3.63, 3.8) is 0 Å². The fourth-order valence-electron chi connectivity index (χ4n) is 3.68. The van der Waals surface area contributed by atoms with Crippen LogP contribution in [0.25, 0.3) is 0 Å². The molecule has 1 saturated heterocycles. The number of amides is 1. The Labute approximate surface area is 181 Å². The van der Waals surface area contributed by atoms with E-state index in [0.717, 1.165) is 18.5 Å². The molecule has 2 aliphatic heterocycles. The lowest BCUT2D eigenvalue weighted by molar-refractivity contribution is 0.0938. The highest BCUT2D eigenvalue weighted by Gasteiger charge is 2.42. The highest BCUT2D eigenvalue weighted by atomic mass is 32.2. The maximum atomic E-state index is 12.6. The van der Waals surface area contributed by atoms with E-state index in [1.165, 1.54) is 17.3 Å². The van der Waals surface area contributed by atoms with Crippen molar-refractivity contribution in [2.24, 2.45) is 4.99 Å². The smallest absolute Gasteiger partial charge is 0.251 e. The van der Waals surface area contributed by atoms with Crippen molar-refractivity contribution in [2.45, 2.75) is 37.1 Å². The third kappa shape index (κ3) is 5.23. The molecule has 0 unspecified atom stereocenters. The van der Waals surface area contributed by atoms with Crippen LogP contribution in [-0.2, 0) is 16.3 Å². The Morgan fingerprint density at radius 3 is 2.73 bits per heavy atom. The number of nitrogens with zero attached hydrogens (tertiary/aromatic N) is 1. The molecule has 158 valence electrons. The molecule has 3 atom stereocenters. The monoisotopic (exact) mass is 443 g/mol. The number of thioether (sulfide) groups is 1. The highest BCUT2D eigenvalue weighted by Crippen LogP contribution is 2.34. The minimum absolute atomic E-state index is 0.00514. The lowest BCUT2D eigenvalue weighted by Gasteiger charge is -2.15. The molecule has 0 aromatic heterocycles. The number of nitrogens with one attached hydrogen (secondary N) is 2. The number of hydrogen-bond acceptors (Lipinski definition) is 6. The summed E-state index contributed by atoms with van der Waals surface area (Å²) in [6.45, 7) is 2.01. The van der Waals surface area contributed by atoms with Crippen LogP contribution in [0.1, 0.15) is 29.3 Å². The fraction of sp³-hybridized carbons (Fsp3) is 0.364. The molecule has 0 spiro atoms. The van der Waals surface area contributed by atoms with Gasteiger partial charge in [0.15, 0.2) is 15.0 Å². The van der Waals surface area contributed by atoms with Crippen LogP contribution in [0.5, 0.6) is 0 Å². The van der Waals surface area contributed by atoms with Gasteiger partial charge in [-0.25, -0.2) is 8.42 Å². The molecule has 1 fully saturated rings. The van der Waals surface area contributed by atoms with Crippen LogP contribution in [0.2, 0.25) is 0 Å². The Morgan fingerprint density at radius 1 is 1.17 bits per heavy atom. The van der Waals surface area contributed by atoms with Gasteiger partial charge in [0.05, 0.1) is 17.5 Å². The molecule has 0 radical (unpaired) electrons. The predicted molar refractivity (Wildman–Crippen MR) is 123 cm³/mol. The van der Waals surface area contributed by atoms with Crippen LogP contribution in [0.3, 0.4) is 0 Å². The molecule has 1 amide bonds. The third-order valence-electron chi connectivity index (χ3n) is 5.28. The number of sulfone groups is 1. The predicted octanol–water partition coefficient (Wildman–Crippen LogP) is 3.12. The number of rotatable bonds is 6. The van der Waals surface area contributed by atoms with Crippen molar-refractivity contribution in [1.29, 1.82) is 0 Å². The second kappa shape index (κ2) is 8.81. The van der Waals surface area contributed by atoms with Crippen LogP contribution >= 0.6 is 11.8 Å². The van der Waals surface area contributed by atoms with Gasteiger partial charge < -0.3 is 10.6 Å². The molecule has 2 heterocycles. The summed E-state index contributed by atoms with van der Waals surface area (Å²) in [5.41, 5.74) is 2.61. The first-order valence-electron chi connectivity index (χ1n) is 10.0. The summed E-state index contributed by atoms with van der Waals surface area (Å²) in [6.07, 6.45) is 1.78. The van der Waals surface area contributed by atoms with Crippen molar-refractivity contribution in [2.75, 3.05) is 16.8 Å². The second-order valence-corrected chi connectivity index (χ2v) is 11.2. The molecular weight excluding hydrogens is 418 g/mol. The van der Waals surface area contributed by atoms with Crippen molar-refractivity contribution < 1.29 is 13.2 Å². The number of hydrogen-bond donors (Lipinski definition) is 2. The molecule has 6 nitrogen and oxygen atoms in total. The summed E-state index contributed by atoms with van der Waals surface area (Å²) in [5, 5.41) is 7.00. The number of carbonyl (C=O) groups is 1. The largest absolute Gasteiger partial charge is 0.350 e. The molecular formula is C22H25N3O3S2. The number of carbonyl (C=O) groups excluding carboxylic acids is 1. The van der Waals surface area contributed by atoms with E-state index < -0.39 is 9.84 Å². The SMILES string of the molecule is C[C@H](CCc1ccccc1)NC(=O)c1cccc(NC2=N[C@H]3CS(=O)(=O)C[C@@H]3S2)c1. The van der Waals surface area contributed by atoms with Crippen molar-refractivity contribution >= 4 is 38.4 Å². The van der Waals surface area contributed by atoms with Gasteiger partial charge in [-0.3, -0.25) is 9.79 Å². The maximum Gasteiger partial charge on any atom is 0.251 e. The van der Waals surface area contributed by atoms with E-state index in [1.54, 1.807) is 12.1 Å². The quantitative estimate of drug-likeness (QED) is 0.716. The Morgan fingerprint density at radius 2 is 1.97 bits per heavy atom. The van der Waals surface area contributed by atoms with E-state index in [1.807, 2.05) is 37.3 Å². The van der Waals surface area contributed by atoms with E-state index >= 15 is 0 Å². The Kier molecular flexibility index (Phi) is 6.15. The number of fused-ring (bicyclic) bond motifs is 1. The molecule has 4 rings (SSSR count). The molecule has 2 aromatic rings. The first-order chi connectivity index (χ1) is 14.4. The summed E-state index contributed by atoms with van der Waals surface area (Å²) >= 11 is 1.47. The zero-order valence-electron chi connectivity index (χ0n) is 16.7. The Hall–Kier alpha value is -2.32. The Bertz CT molecular complexity index is 1050. The first kappa shape index (κ1) is 20.9. The summed E-state index contributed by atoms with van der Waals surface area (Å²) in [6, 6.07) is 17.4. The van der Waals surface area contributed by atoms with E-state index in [9.17, 15) is 13.2 Å². The van der Waals surface area contributed by atoms with Crippen molar-refractivity contribution in [1.82, 2.24) is 5.32 Å². The van der Waals surface area contributed by atoms with Gasteiger partial charge in [-0.2, -0.15) is 0 Å². The molecule has 30 heavy (non-hydrogen) atoms. The normalized spacial score (nSPS) is 22.8. The average Bonchev–Trinajstić information content (AvgIpc) is 3.19. The number of benzene rings is 2. The number of amidine groups is 1. The van der Waals surface area contributed by atoms with E-state index in [-0.39, 0.29) is 34.7 Å². The highest BCUT2D eigenvalue weighted by molar-refractivity contribution is 8.15. The minimum atomic E-state index is -2.96. The molecule has 0 bridgehead atoms. The topological polar surface area (TPSA) is 87.6 Å². The van der Waals surface area contributed by atoms with Gasteiger partial charge in [0.25, 0.3) is 5.91 Å². The molecule has 2 N–H and O–H groups in total. The van der Waals surface area contributed by atoms with E-state index in [4.69, 9.17) is 0 Å². The van der Waals surface area contributed by atoms with E-state index in [0.29, 0.717) is 10.7 Å². The van der Waals surface area contributed by atoms with Gasteiger partial charge in [-0.15, -0.1) is 0 Å². The van der Waals surface area contributed by atoms with Gasteiger partial charge in [0.2, 0.25) is 0 Å². The van der Waals surface area contributed by atoms with Gasteiger partial charge in [0.1, 0.15) is 0 Å². The third-order valence-corrected chi connectivity index (χ3v) is 8.42. The van der Waals surface area contributed by atoms with Gasteiger partial charge >= 0.3 is 0 Å². The van der Waals surface area contributed by atoms with Gasteiger partial charge in [-0.1, -0.05) is 48.2 Å². The van der Waals surface area contributed by atoms with Crippen molar-refractivity contribution in [3.8, 4) is 0 Å². The lowest BCUT2D eigenvalue weighted by atomic mass is 10.1. The summed E-state index contributed by atoms with van der Waals surface area (Å²) in [7, 11) is -2.96. The van der Waals surface area contributed by atoms with E-state index in [2.05, 4.69) is 27.8 Å². The average molecular weight is 444 g/mol. The number of anilines is 1. The standard InChI is InChI=1S/C22H25N3O3S2/c1-15(10-11-16-6-3-2-4-7-16)23-21(26)17-8-5-9-18(12-17)24-22-25-19-13-30(27,28)14-20(19)29-22/h2-9,12,15,19-20H,10-11,13-14H2,1H3,(H,23,26)(H,24,25)/t15-,19+,20+/m1/s1. The number of aryl methyl sites for hydroxylation is 1. The molecule has 0 aliphatic carbocycles. The number of aliphatic imine (C=N–C) groups is 1. The summed E-state index contributed by atoms with van der Waals surface area (Å²) in [4.78, 5) is 17.2. The fourth-order valence-corrected chi connectivity index (χ4v) is 7.36.